The monoisotopic (exact) mass is 556 g/mol. The number of esters is 3. The van der Waals surface area contributed by atoms with Crippen LogP contribution in [0.3, 0.4) is 0 Å². The van der Waals surface area contributed by atoms with Crippen LogP contribution in [-0.4, -0.2) is 82.8 Å². The first-order valence-corrected chi connectivity index (χ1v) is 13.0. The molecule has 0 aromatic carbocycles. The molecule has 0 aliphatic carbocycles. The van der Waals surface area contributed by atoms with Crippen molar-refractivity contribution in [1.29, 1.82) is 5.26 Å². The molecule has 4 atom stereocenters. The molecular formula is C27H36N6O7. The van der Waals surface area contributed by atoms with Gasteiger partial charge in [-0.1, -0.05) is 41.5 Å². The summed E-state index contributed by atoms with van der Waals surface area (Å²) in [5.41, 5.74) is -1.35. The van der Waals surface area contributed by atoms with Crippen molar-refractivity contribution in [2.45, 2.75) is 65.5 Å². The summed E-state index contributed by atoms with van der Waals surface area (Å²) in [6.45, 7) is 9.56. The summed E-state index contributed by atoms with van der Waals surface area (Å²) < 4.78 is 24.7. The number of aliphatic imine (C=N–C) groups is 1. The summed E-state index contributed by atoms with van der Waals surface area (Å²) in [7, 11) is 3.61. The zero-order chi connectivity index (χ0) is 29.8. The Balaban J connectivity index is 2.19. The number of carbonyl (C=O) groups excluding carboxylic acids is 3. The highest BCUT2D eigenvalue weighted by Crippen LogP contribution is 2.44. The van der Waals surface area contributed by atoms with E-state index in [2.05, 4.69) is 21.1 Å². The first kappa shape index (κ1) is 30.5. The fourth-order valence-corrected chi connectivity index (χ4v) is 3.90. The Morgan fingerprint density at radius 1 is 1.10 bits per heavy atom. The minimum absolute atomic E-state index is 0.193. The Bertz CT molecular complexity index is 1310. The fraction of sp³-hybridized carbons (Fsp3) is 0.593. The van der Waals surface area contributed by atoms with E-state index in [1.807, 2.05) is 0 Å². The molecule has 3 heterocycles. The van der Waals surface area contributed by atoms with Crippen LogP contribution in [-0.2, 0) is 38.9 Å². The molecule has 2 aromatic rings. The minimum Gasteiger partial charge on any atom is -0.463 e. The minimum atomic E-state index is -2.00. The lowest BCUT2D eigenvalue weighted by Crippen LogP contribution is -2.47. The topological polar surface area (TPSA) is 158 Å². The lowest BCUT2D eigenvalue weighted by molar-refractivity contribution is -0.174. The quantitative estimate of drug-likeness (QED) is 0.183. The normalized spacial score (nSPS) is 22.7. The summed E-state index contributed by atoms with van der Waals surface area (Å²) in [4.78, 5) is 48.3. The van der Waals surface area contributed by atoms with Crippen molar-refractivity contribution in [3.63, 3.8) is 0 Å². The number of aromatic nitrogens is 3. The molecule has 40 heavy (non-hydrogen) atoms. The number of nitriles is 1. The van der Waals surface area contributed by atoms with E-state index in [0.29, 0.717) is 11.3 Å². The summed E-state index contributed by atoms with van der Waals surface area (Å²) in [5.74, 6) is -2.94. The Morgan fingerprint density at radius 3 is 2.30 bits per heavy atom. The number of nitrogens with zero attached hydrogens (tertiary/aromatic N) is 6. The summed E-state index contributed by atoms with van der Waals surface area (Å²) in [6.07, 6.45) is -0.981. The summed E-state index contributed by atoms with van der Waals surface area (Å²) in [6, 6.07) is 5.39. The molecule has 1 saturated heterocycles. The molecule has 0 radical (unpaired) electrons. The van der Waals surface area contributed by atoms with Gasteiger partial charge in [0.25, 0.3) is 0 Å². The van der Waals surface area contributed by atoms with E-state index < -0.39 is 59.6 Å². The maximum Gasteiger partial charge on any atom is 0.308 e. The van der Waals surface area contributed by atoms with Gasteiger partial charge in [-0.25, -0.2) is 14.5 Å². The van der Waals surface area contributed by atoms with Gasteiger partial charge in [0, 0.05) is 14.1 Å². The van der Waals surface area contributed by atoms with E-state index in [-0.39, 0.29) is 12.3 Å². The van der Waals surface area contributed by atoms with Crippen LogP contribution in [0.5, 0.6) is 0 Å². The molecule has 13 nitrogen and oxygen atoms in total. The highest BCUT2D eigenvalue weighted by Gasteiger charge is 2.63. The van der Waals surface area contributed by atoms with Crippen LogP contribution in [0, 0.1) is 29.1 Å². The number of ether oxygens (including phenoxy) is 4. The second-order valence-electron chi connectivity index (χ2n) is 10.7. The van der Waals surface area contributed by atoms with Gasteiger partial charge in [-0.3, -0.25) is 14.4 Å². The molecule has 0 bridgehead atoms. The number of rotatable bonds is 10. The van der Waals surface area contributed by atoms with Crippen LogP contribution < -0.4 is 0 Å². The van der Waals surface area contributed by atoms with E-state index in [1.54, 1.807) is 79.0 Å². The molecule has 216 valence electrons. The average molecular weight is 557 g/mol. The largest absolute Gasteiger partial charge is 0.463 e. The van der Waals surface area contributed by atoms with Crippen LogP contribution in [0.4, 0.5) is 5.82 Å². The van der Waals surface area contributed by atoms with Crippen molar-refractivity contribution in [3.8, 4) is 6.07 Å². The molecule has 13 heteroatoms. The standard InChI is InChI=1S/C27H36N6O7/c1-15(2)24(34)37-11-19-21(38-25(35)16(3)4)22(39-26(36)17(5)6)27(12-28,40-19)20-10-9-18-23(30-14-32(7)8)29-13-31-33(18)20/h9-10,13-17,19,21-22H,11H2,1-8H3/t19-,21-,22-,27+/m1/s1. The Hall–Kier alpha value is -4.05. The molecule has 0 saturated carbocycles. The maximum atomic E-state index is 12.9. The third-order valence-corrected chi connectivity index (χ3v) is 6.09. The Morgan fingerprint density at radius 2 is 1.73 bits per heavy atom. The highest BCUT2D eigenvalue weighted by molar-refractivity contribution is 5.74. The van der Waals surface area contributed by atoms with Gasteiger partial charge in [-0.15, -0.1) is 0 Å². The van der Waals surface area contributed by atoms with Crippen LogP contribution in [0.15, 0.2) is 23.5 Å². The third kappa shape index (κ3) is 6.22. The molecule has 1 aliphatic rings. The van der Waals surface area contributed by atoms with E-state index in [9.17, 15) is 19.6 Å². The van der Waals surface area contributed by atoms with Crippen LogP contribution >= 0.6 is 0 Å². The van der Waals surface area contributed by atoms with Crippen molar-refractivity contribution in [1.82, 2.24) is 19.5 Å². The zero-order valence-corrected chi connectivity index (χ0v) is 24.0. The van der Waals surface area contributed by atoms with E-state index in [1.165, 1.54) is 10.8 Å². The number of carbonyl (C=O) groups is 3. The van der Waals surface area contributed by atoms with Crippen molar-refractivity contribution in [2.75, 3.05) is 20.7 Å². The van der Waals surface area contributed by atoms with Gasteiger partial charge < -0.3 is 23.8 Å². The van der Waals surface area contributed by atoms with Gasteiger partial charge in [0.15, 0.2) is 18.0 Å². The van der Waals surface area contributed by atoms with Crippen molar-refractivity contribution < 1.29 is 33.3 Å². The van der Waals surface area contributed by atoms with Crippen molar-refractivity contribution >= 4 is 35.6 Å². The van der Waals surface area contributed by atoms with Crippen LogP contribution in [0.2, 0.25) is 0 Å². The van der Waals surface area contributed by atoms with Gasteiger partial charge in [0.05, 0.1) is 29.8 Å². The molecule has 0 amide bonds. The first-order valence-electron chi connectivity index (χ1n) is 13.0. The van der Waals surface area contributed by atoms with Crippen LogP contribution in [0.25, 0.3) is 5.52 Å². The molecular weight excluding hydrogens is 520 g/mol. The van der Waals surface area contributed by atoms with Gasteiger partial charge in [0.2, 0.25) is 5.60 Å². The van der Waals surface area contributed by atoms with E-state index >= 15 is 0 Å². The Kier molecular flexibility index (Phi) is 9.47. The van der Waals surface area contributed by atoms with Crippen molar-refractivity contribution in [2.24, 2.45) is 22.7 Å². The fourth-order valence-electron chi connectivity index (χ4n) is 3.90. The first-order chi connectivity index (χ1) is 18.8. The summed E-state index contributed by atoms with van der Waals surface area (Å²) >= 11 is 0. The van der Waals surface area contributed by atoms with Crippen LogP contribution in [0.1, 0.15) is 47.2 Å². The van der Waals surface area contributed by atoms with Gasteiger partial charge in [-0.05, 0) is 12.1 Å². The predicted molar refractivity (Wildman–Crippen MR) is 142 cm³/mol. The zero-order valence-electron chi connectivity index (χ0n) is 24.0. The average Bonchev–Trinajstić information content (AvgIpc) is 3.46. The second-order valence-corrected chi connectivity index (χ2v) is 10.7. The molecule has 0 spiro atoms. The molecule has 1 aliphatic heterocycles. The van der Waals surface area contributed by atoms with Gasteiger partial charge >= 0.3 is 17.9 Å². The smallest absolute Gasteiger partial charge is 0.308 e. The molecule has 0 N–H and O–H groups in total. The molecule has 0 unspecified atom stereocenters. The maximum absolute atomic E-state index is 12.9. The Labute approximate surface area is 233 Å². The predicted octanol–water partition coefficient (Wildman–Crippen LogP) is 2.40. The lowest BCUT2D eigenvalue weighted by Gasteiger charge is -2.29. The molecule has 1 fully saturated rings. The third-order valence-electron chi connectivity index (χ3n) is 6.09. The second kappa shape index (κ2) is 12.4. The molecule has 2 aromatic heterocycles. The molecule has 3 rings (SSSR count). The summed E-state index contributed by atoms with van der Waals surface area (Å²) in [5, 5.41) is 15.0. The number of hydrogen-bond donors (Lipinski definition) is 0. The SMILES string of the molecule is CC(C)C(=O)OC[C@H]1O[C@@](C#N)(c2ccc3c(N=CN(C)C)ncnn23)[C@H](OC(=O)C(C)C)[C@@H]1OC(=O)C(C)C. The lowest BCUT2D eigenvalue weighted by atomic mass is 9.91. The van der Waals surface area contributed by atoms with Gasteiger partial charge in [-0.2, -0.15) is 10.4 Å². The highest BCUT2D eigenvalue weighted by atomic mass is 16.7. The van der Waals surface area contributed by atoms with E-state index in [0.717, 1.165) is 0 Å². The van der Waals surface area contributed by atoms with E-state index in [4.69, 9.17) is 18.9 Å². The van der Waals surface area contributed by atoms with Gasteiger partial charge in [0.1, 0.15) is 30.6 Å². The number of fused-ring (bicyclic) bond motifs is 1. The van der Waals surface area contributed by atoms with Crippen molar-refractivity contribution in [3.05, 3.63) is 24.2 Å². The number of hydrogen-bond acceptors (Lipinski definition) is 11.